The van der Waals surface area contributed by atoms with Gasteiger partial charge in [0.15, 0.2) is 0 Å². The number of hydrogen-bond acceptors (Lipinski definition) is 5. The number of amidine groups is 1. The number of rotatable bonds is 7. The highest BCUT2D eigenvalue weighted by Crippen LogP contribution is 2.43. The van der Waals surface area contributed by atoms with Crippen LogP contribution in [0.2, 0.25) is 0 Å². The Morgan fingerprint density at radius 1 is 0.879 bits per heavy atom. The molecule has 5 unspecified atom stereocenters. The minimum absolute atomic E-state index is 0.0128. The third-order valence-corrected chi connectivity index (χ3v) is 9.23. The van der Waals surface area contributed by atoms with Gasteiger partial charge in [-0.25, -0.2) is 0 Å². The number of fused-ring (bicyclic) bond motifs is 1. The molecule has 3 saturated carbocycles. The van der Waals surface area contributed by atoms with E-state index in [-0.39, 0.29) is 53.5 Å². The number of nitrogens with zero attached hydrogens (tertiary/aromatic N) is 1. The lowest BCUT2D eigenvalue weighted by Gasteiger charge is -2.39. The predicted octanol–water partition coefficient (Wildman–Crippen LogP) is 1.71. The molecule has 2 amide bonds. The van der Waals surface area contributed by atoms with Crippen LogP contribution < -0.4 is 22.5 Å². The zero-order valence-corrected chi connectivity index (χ0v) is 20.0. The van der Waals surface area contributed by atoms with Crippen molar-refractivity contribution in [3.63, 3.8) is 0 Å². The van der Waals surface area contributed by atoms with Gasteiger partial charge in [0.25, 0.3) is 0 Å². The van der Waals surface area contributed by atoms with Crippen LogP contribution in [0.1, 0.15) is 77.0 Å². The van der Waals surface area contributed by atoms with E-state index in [1.165, 1.54) is 32.1 Å². The maximum Gasteiger partial charge on any atom is 0.239 e. The molecule has 4 rings (SSSR count). The van der Waals surface area contributed by atoms with Crippen LogP contribution in [0.25, 0.3) is 0 Å². The summed E-state index contributed by atoms with van der Waals surface area (Å²) in [6.07, 6.45) is 12.5. The first-order valence-corrected chi connectivity index (χ1v) is 13.3. The molecule has 0 radical (unpaired) electrons. The van der Waals surface area contributed by atoms with Crippen LogP contribution in [0.4, 0.5) is 0 Å². The van der Waals surface area contributed by atoms with Gasteiger partial charge in [-0.15, -0.1) is 0 Å². The molecule has 8 N–H and O–H groups in total. The molecule has 3 aliphatic carbocycles. The van der Waals surface area contributed by atoms with Crippen LogP contribution >= 0.6 is 0 Å². The van der Waals surface area contributed by atoms with E-state index in [1.54, 1.807) is 0 Å². The van der Waals surface area contributed by atoms with E-state index >= 15 is 0 Å². The number of amides is 2. The van der Waals surface area contributed by atoms with Crippen LogP contribution in [0, 0.1) is 35.0 Å². The topological polar surface area (TPSA) is 151 Å². The SMILES string of the molecule is N=C(N)C1CCC2C(N)C(C(=O)NCC3CCCCC3)N(CC3CCC(C(N)=O)CC3)C2C1. The van der Waals surface area contributed by atoms with Crippen molar-refractivity contribution >= 4 is 17.6 Å². The van der Waals surface area contributed by atoms with Gasteiger partial charge in [-0.2, -0.15) is 0 Å². The molecule has 1 saturated heterocycles. The fourth-order valence-electron chi connectivity index (χ4n) is 7.19. The van der Waals surface area contributed by atoms with Gasteiger partial charge in [0, 0.05) is 37.0 Å². The summed E-state index contributed by atoms with van der Waals surface area (Å²) in [7, 11) is 0. The Balaban J connectivity index is 1.45. The molecule has 8 nitrogen and oxygen atoms in total. The number of hydrogen-bond donors (Lipinski definition) is 5. The first-order chi connectivity index (χ1) is 15.8. The molecule has 0 aromatic carbocycles. The second kappa shape index (κ2) is 10.7. The van der Waals surface area contributed by atoms with Gasteiger partial charge in [-0.1, -0.05) is 19.3 Å². The van der Waals surface area contributed by atoms with Crippen LogP contribution in [-0.2, 0) is 9.59 Å². The molecular weight excluding hydrogens is 416 g/mol. The predicted molar refractivity (Wildman–Crippen MR) is 129 cm³/mol. The molecule has 0 aromatic rings. The van der Waals surface area contributed by atoms with Crippen molar-refractivity contribution in [3.05, 3.63) is 0 Å². The molecule has 33 heavy (non-hydrogen) atoms. The van der Waals surface area contributed by atoms with Crippen LogP contribution in [0.15, 0.2) is 0 Å². The lowest BCUT2D eigenvalue weighted by molar-refractivity contribution is -0.126. The Morgan fingerprint density at radius 3 is 2.18 bits per heavy atom. The molecule has 186 valence electrons. The van der Waals surface area contributed by atoms with Crippen molar-refractivity contribution in [1.82, 2.24) is 10.2 Å². The van der Waals surface area contributed by atoms with Crippen molar-refractivity contribution < 1.29 is 9.59 Å². The van der Waals surface area contributed by atoms with Crippen molar-refractivity contribution in [2.24, 2.45) is 46.8 Å². The highest BCUT2D eigenvalue weighted by molar-refractivity contribution is 5.83. The number of carbonyl (C=O) groups excluding carboxylic acids is 2. The van der Waals surface area contributed by atoms with Gasteiger partial charge < -0.3 is 22.5 Å². The van der Waals surface area contributed by atoms with Crippen LogP contribution in [-0.4, -0.2) is 53.8 Å². The molecule has 8 heteroatoms. The van der Waals surface area contributed by atoms with Crippen molar-refractivity contribution in [1.29, 1.82) is 5.41 Å². The highest BCUT2D eigenvalue weighted by atomic mass is 16.2. The molecule has 5 atom stereocenters. The van der Waals surface area contributed by atoms with E-state index in [4.69, 9.17) is 22.6 Å². The van der Waals surface area contributed by atoms with Gasteiger partial charge in [0.05, 0.1) is 5.84 Å². The third-order valence-electron chi connectivity index (χ3n) is 9.23. The summed E-state index contributed by atoms with van der Waals surface area (Å²) in [5.41, 5.74) is 18.2. The number of primary amides is 1. The summed E-state index contributed by atoms with van der Waals surface area (Å²) in [6, 6.07) is -0.304. The van der Waals surface area contributed by atoms with Crippen LogP contribution in [0.5, 0.6) is 0 Å². The summed E-state index contributed by atoms with van der Waals surface area (Å²) < 4.78 is 0. The van der Waals surface area contributed by atoms with Gasteiger partial charge in [-0.05, 0) is 75.5 Å². The van der Waals surface area contributed by atoms with Gasteiger partial charge in [0.1, 0.15) is 6.04 Å². The van der Waals surface area contributed by atoms with E-state index in [1.807, 2.05) is 0 Å². The maximum absolute atomic E-state index is 13.5. The first kappa shape index (κ1) is 24.5. The second-order valence-electron chi connectivity index (χ2n) is 11.3. The van der Waals surface area contributed by atoms with Gasteiger partial charge in [0.2, 0.25) is 11.8 Å². The minimum atomic E-state index is -0.317. The number of nitrogens with one attached hydrogen (secondary N) is 2. The number of carbonyl (C=O) groups is 2. The van der Waals surface area contributed by atoms with E-state index in [0.29, 0.717) is 11.8 Å². The normalized spacial score (nSPS) is 37.9. The lowest BCUT2D eigenvalue weighted by Crippen LogP contribution is -2.54. The largest absolute Gasteiger partial charge is 0.387 e. The summed E-state index contributed by atoms with van der Waals surface area (Å²) >= 11 is 0. The van der Waals surface area contributed by atoms with Gasteiger partial charge in [-0.3, -0.25) is 19.9 Å². The van der Waals surface area contributed by atoms with Crippen LogP contribution in [0.3, 0.4) is 0 Å². The average Bonchev–Trinajstić information content (AvgIpc) is 3.09. The smallest absolute Gasteiger partial charge is 0.239 e. The fraction of sp³-hybridized carbons (Fsp3) is 0.880. The van der Waals surface area contributed by atoms with E-state index in [9.17, 15) is 9.59 Å². The Labute approximate surface area is 198 Å². The number of nitrogens with two attached hydrogens (primary N) is 3. The van der Waals surface area contributed by atoms with Gasteiger partial charge >= 0.3 is 0 Å². The molecule has 1 heterocycles. The summed E-state index contributed by atoms with van der Waals surface area (Å²) in [4.78, 5) is 27.5. The van der Waals surface area contributed by atoms with Crippen molar-refractivity contribution in [2.75, 3.05) is 13.1 Å². The highest BCUT2D eigenvalue weighted by Gasteiger charge is 2.52. The summed E-state index contributed by atoms with van der Waals surface area (Å²) in [5.74, 6) is 1.51. The van der Waals surface area contributed by atoms with E-state index < -0.39 is 0 Å². The molecule has 0 aromatic heterocycles. The average molecular weight is 461 g/mol. The minimum Gasteiger partial charge on any atom is -0.387 e. The molecule has 0 bridgehead atoms. The van der Waals surface area contributed by atoms with Crippen molar-refractivity contribution in [3.8, 4) is 0 Å². The molecule has 4 fully saturated rings. The molecule has 0 spiro atoms. The lowest BCUT2D eigenvalue weighted by atomic mass is 9.76. The monoisotopic (exact) mass is 460 g/mol. The summed E-state index contributed by atoms with van der Waals surface area (Å²) in [5, 5.41) is 11.3. The molecule has 4 aliphatic rings. The first-order valence-electron chi connectivity index (χ1n) is 13.3. The maximum atomic E-state index is 13.5. The zero-order chi connectivity index (χ0) is 23.5. The second-order valence-corrected chi connectivity index (χ2v) is 11.3. The van der Waals surface area contributed by atoms with Crippen molar-refractivity contribution in [2.45, 2.75) is 95.2 Å². The Morgan fingerprint density at radius 2 is 1.55 bits per heavy atom. The Bertz CT molecular complexity index is 716. The number of likely N-dealkylation sites (tertiary alicyclic amines) is 1. The molecular formula is C25H44N6O2. The standard InChI is InChI=1S/C25H44N6O2/c26-21-19-11-10-18(23(27)28)12-20(19)31(14-16-6-8-17(9-7-16)24(29)32)22(21)25(33)30-13-15-4-2-1-3-5-15/h15-22H,1-14,26H2,(H3,27,28)(H2,29,32)(H,30,33). The Hall–Kier alpha value is -1.67. The van der Waals surface area contributed by atoms with E-state index in [0.717, 1.165) is 58.0 Å². The molecule has 1 aliphatic heterocycles. The Kier molecular flexibility index (Phi) is 7.95. The third kappa shape index (κ3) is 5.53. The zero-order valence-electron chi connectivity index (χ0n) is 20.0. The summed E-state index contributed by atoms with van der Waals surface area (Å²) in [6.45, 7) is 1.58. The quantitative estimate of drug-likeness (QED) is 0.289. The fourth-order valence-corrected chi connectivity index (χ4v) is 7.19. The van der Waals surface area contributed by atoms with E-state index in [2.05, 4.69) is 10.2 Å².